The number of fused-ring (bicyclic) bond motifs is 1. The van der Waals surface area contributed by atoms with Gasteiger partial charge in [-0.05, 0) is 78.4 Å². The summed E-state index contributed by atoms with van der Waals surface area (Å²) in [5.41, 5.74) is 3.29. The zero-order chi connectivity index (χ0) is 17.1. The monoisotopic (exact) mass is 387 g/mol. The molecule has 24 heavy (non-hydrogen) atoms. The Hall–Kier alpha value is -1.85. The van der Waals surface area contributed by atoms with Crippen LogP contribution < -0.4 is 4.74 Å². The maximum absolute atomic E-state index is 5.32. The molecule has 1 heterocycles. The average molecular weight is 388 g/mol. The lowest BCUT2D eigenvalue weighted by Gasteiger charge is -2.09. The van der Waals surface area contributed by atoms with E-state index >= 15 is 0 Å². The summed E-state index contributed by atoms with van der Waals surface area (Å²) in [4.78, 5) is 2.19. The van der Waals surface area contributed by atoms with E-state index in [9.17, 15) is 0 Å². The minimum atomic E-state index is 0.864. The highest BCUT2D eigenvalue weighted by Crippen LogP contribution is 2.30. The van der Waals surface area contributed by atoms with Gasteiger partial charge in [-0.2, -0.15) is 5.10 Å². The number of nitrogens with zero attached hydrogens (tertiary/aromatic N) is 3. The Labute approximate surface area is 151 Å². The van der Waals surface area contributed by atoms with Crippen molar-refractivity contribution in [1.29, 1.82) is 0 Å². The van der Waals surface area contributed by atoms with E-state index in [2.05, 4.69) is 59.2 Å². The molecule has 0 saturated carbocycles. The van der Waals surface area contributed by atoms with Gasteiger partial charge in [0, 0.05) is 11.9 Å². The van der Waals surface area contributed by atoms with Crippen molar-refractivity contribution in [2.45, 2.75) is 13.0 Å². The Morgan fingerprint density at radius 3 is 2.67 bits per heavy atom. The first-order valence-electron chi connectivity index (χ1n) is 8.03. The van der Waals surface area contributed by atoms with E-state index < -0.39 is 0 Å². The highest BCUT2D eigenvalue weighted by atomic mass is 79.9. The molecule has 0 unspecified atom stereocenters. The third kappa shape index (κ3) is 3.62. The molecule has 0 aliphatic rings. The molecule has 1 aromatic heterocycles. The van der Waals surface area contributed by atoms with Crippen molar-refractivity contribution in [3.8, 4) is 16.9 Å². The lowest BCUT2D eigenvalue weighted by Crippen LogP contribution is -2.15. The molecule has 2 aromatic carbocycles. The number of hydrogen-bond acceptors (Lipinski definition) is 3. The molecule has 0 fully saturated rings. The zero-order valence-electron chi connectivity index (χ0n) is 14.3. The fourth-order valence-corrected chi connectivity index (χ4v) is 3.36. The van der Waals surface area contributed by atoms with Gasteiger partial charge in [-0.25, -0.2) is 0 Å². The SMILES string of the molecule is COc1cccc(-c2ccc3c(Br)n(CCCN(C)C)nc3c2)c1. The van der Waals surface area contributed by atoms with Crippen LogP contribution in [0.4, 0.5) is 0 Å². The molecule has 0 aliphatic heterocycles. The first-order chi connectivity index (χ1) is 11.6. The maximum atomic E-state index is 5.32. The molecule has 0 radical (unpaired) electrons. The molecule has 0 saturated heterocycles. The fraction of sp³-hybridized carbons (Fsp3) is 0.316. The predicted octanol–water partition coefficient (Wildman–Crippen LogP) is 4.43. The van der Waals surface area contributed by atoms with E-state index in [1.807, 2.05) is 22.9 Å². The third-order valence-electron chi connectivity index (χ3n) is 4.05. The molecule has 0 spiro atoms. The largest absolute Gasteiger partial charge is 0.497 e. The normalized spacial score (nSPS) is 11.4. The topological polar surface area (TPSA) is 30.3 Å². The number of benzene rings is 2. The Balaban J connectivity index is 1.90. The second-order valence-electron chi connectivity index (χ2n) is 6.13. The first-order valence-corrected chi connectivity index (χ1v) is 8.83. The van der Waals surface area contributed by atoms with Crippen LogP contribution in [0.5, 0.6) is 5.75 Å². The maximum Gasteiger partial charge on any atom is 0.119 e. The van der Waals surface area contributed by atoms with Gasteiger partial charge in [-0.15, -0.1) is 0 Å². The van der Waals surface area contributed by atoms with Crippen LogP contribution in [-0.2, 0) is 6.54 Å². The number of ether oxygens (including phenoxy) is 1. The van der Waals surface area contributed by atoms with E-state index in [-0.39, 0.29) is 0 Å². The minimum Gasteiger partial charge on any atom is -0.497 e. The molecule has 0 atom stereocenters. The minimum absolute atomic E-state index is 0.864. The molecule has 4 nitrogen and oxygen atoms in total. The van der Waals surface area contributed by atoms with Gasteiger partial charge in [0.05, 0.1) is 12.6 Å². The van der Waals surface area contributed by atoms with Crippen molar-refractivity contribution in [2.24, 2.45) is 0 Å². The lowest BCUT2D eigenvalue weighted by atomic mass is 10.0. The molecule has 3 rings (SSSR count). The standard InChI is InChI=1S/C19H22BrN3O/c1-22(2)10-5-11-23-19(20)17-9-8-15(13-18(17)21-23)14-6-4-7-16(12-14)24-3/h4,6-9,12-13H,5,10-11H2,1-3H3. The van der Waals surface area contributed by atoms with Gasteiger partial charge in [0.25, 0.3) is 0 Å². The Morgan fingerprint density at radius 1 is 1.12 bits per heavy atom. The van der Waals surface area contributed by atoms with E-state index in [1.165, 1.54) is 0 Å². The predicted molar refractivity (Wildman–Crippen MR) is 103 cm³/mol. The number of hydrogen-bond donors (Lipinski definition) is 0. The van der Waals surface area contributed by atoms with Crippen molar-refractivity contribution in [3.63, 3.8) is 0 Å². The highest BCUT2D eigenvalue weighted by Gasteiger charge is 2.10. The van der Waals surface area contributed by atoms with Gasteiger partial charge < -0.3 is 9.64 Å². The van der Waals surface area contributed by atoms with Gasteiger partial charge in [-0.3, -0.25) is 4.68 Å². The quantitative estimate of drug-likeness (QED) is 0.626. The summed E-state index contributed by atoms with van der Waals surface area (Å²) in [6.07, 6.45) is 1.07. The molecule has 0 amide bonds. The summed E-state index contributed by atoms with van der Waals surface area (Å²) in [5, 5.41) is 5.90. The summed E-state index contributed by atoms with van der Waals surface area (Å²) in [6, 6.07) is 14.5. The van der Waals surface area contributed by atoms with E-state index in [1.54, 1.807) is 7.11 Å². The molecule has 0 bridgehead atoms. The van der Waals surface area contributed by atoms with Crippen LogP contribution in [0.3, 0.4) is 0 Å². The van der Waals surface area contributed by atoms with Gasteiger partial charge in [0.1, 0.15) is 10.4 Å². The van der Waals surface area contributed by atoms with Crippen LogP contribution in [0.25, 0.3) is 22.0 Å². The van der Waals surface area contributed by atoms with Crippen LogP contribution in [-0.4, -0.2) is 42.4 Å². The van der Waals surface area contributed by atoms with Crippen molar-refractivity contribution < 1.29 is 4.74 Å². The second-order valence-corrected chi connectivity index (χ2v) is 6.89. The number of aryl methyl sites for hydroxylation is 1. The summed E-state index contributed by atoms with van der Waals surface area (Å²) in [5.74, 6) is 0.864. The van der Waals surface area contributed by atoms with Gasteiger partial charge in [-0.1, -0.05) is 18.2 Å². The molecule has 3 aromatic rings. The lowest BCUT2D eigenvalue weighted by molar-refractivity contribution is 0.380. The van der Waals surface area contributed by atoms with Crippen molar-refractivity contribution >= 4 is 26.8 Å². The number of methoxy groups -OCH3 is 1. The van der Waals surface area contributed by atoms with Crippen LogP contribution in [0, 0.1) is 0 Å². The van der Waals surface area contributed by atoms with Crippen molar-refractivity contribution in [3.05, 3.63) is 47.1 Å². The molecule has 0 N–H and O–H groups in total. The van der Waals surface area contributed by atoms with Crippen LogP contribution in [0.1, 0.15) is 6.42 Å². The van der Waals surface area contributed by atoms with Gasteiger partial charge in [0.2, 0.25) is 0 Å². The smallest absolute Gasteiger partial charge is 0.119 e. The van der Waals surface area contributed by atoms with Crippen molar-refractivity contribution in [2.75, 3.05) is 27.7 Å². The molecule has 126 valence electrons. The van der Waals surface area contributed by atoms with Gasteiger partial charge in [0.15, 0.2) is 0 Å². The van der Waals surface area contributed by atoms with E-state index in [0.29, 0.717) is 0 Å². The van der Waals surface area contributed by atoms with Crippen LogP contribution >= 0.6 is 15.9 Å². The zero-order valence-corrected chi connectivity index (χ0v) is 15.9. The second kappa shape index (κ2) is 7.36. The average Bonchev–Trinajstić information content (AvgIpc) is 2.90. The molecule has 5 heteroatoms. The summed E-state index contributed by atoms with van der Waals surface area (Å²) >= 11 is 3.69. The first kappa shape index (κ1) is 17.0. The summed E-state index contributed by atoms with van der Waals surface area (Å²) < 4.78 is 8.41. The van der Waals surface area contributed by atoms with Crippen LogP contribution in [0.2, 0.25) is 0 Å². The molecule has 0 aliphatic carbocycles. The summed E-state index contributed by atoms with van der Waals surface area (Å²) in [6.45, 7) is 1.96. The van der Waals surface area contributed by atoms with Gasteiger partial charge >= 0.3 is 0 Å². The van der Waals surface area contributed by atoms with E-state index in [0.717, 1.165) is 51.9 Å². The number of halogens is 1. The Bertz CT molecular complexity index is 842. The highest BCUT2D eigenvalue weighted by molar-refractivity contribution is 9.10. The third-order valence-corrected chi connectivity index (χ3v) is 4.89. The Kier molecular flexibility index (Phi) is 5.21. The molecular weight excluding hydrogens is 366 g/mol. The summed E-state index contributed by atoms with van der Waals surface area (Å²) in [7, 11) is 5.87. The Morgan fingerprint density at radius 2 is 1.92 bits per heavy atom. The molecular formula is C19H22BrN3O. The fourth-order valence-electron chi connectivity index (χ4n) is 2.77. The number of aromatic nitrogens is 2. The van der Waals surface area contributed by atoms with E-state index in [4.69, 9.17) is 9.84 Å². The van der Waals surface area contributed by atoms with Crippen molar-refractivity contribution in [1.82, 2.24) is 14.7 Å². The number of rotatable bonds is 6. The van der Waals surface area contributed by atoms with Crippen LogP contribution in [0.15, 0.2) is 47.1 Å².